The second kappa shape index (κ2) is 6.15. The second-order valence-electron chi connectivity index (χ2n) is 2.95. The fourth-order valence-electron chi connectivity index (χ4n) is 1.02. The molecule has 0 bridgehead atoms. The van der Waals surface area contributed by atoms with Crippen LogP contribution < -0.4 is 11.1 Å². The third-order valence-electron chi connectivity index (χ3n) is 1.75. The van der Waals surface area contributed by atoms with Gasteiger partial charge in [-0.15, -0.1) is 0 Å². The molecule has 3 N–H and O–H groups in total. The lowest BCUT2D eigenvalue weighted by molar-refractivity contribution is 0.194. The minimum atomic E-state index is 0.440. The molecular weight excluding hydrogens is 180 g/mol. The van der Waals surface area contributed by atoms with E-state index in [0.29, 0.717) is 5.82 Å². The number of unbranched alkanes of at least 4 members (excludes halogenated alkanes) is 1. The van der Waals surface area contributed by atoms with Crippen molar-refractivity contribution >= 4 is 11.6 Å². The number of hydrogen-bond acceptors (Lipinski definition) is 5. The van der Waals surface area contributed by atoms with Crippen molar-refractivity contribution in [1.29, 1.82) is 0 Å². The molecule has 0 aliphatic rings. The average molecular weight is 196 g/mol. The number of anilines is 2. The molecule has 0 saturated heterocycles. The maximum atomic E-state index is 5.40. The van der Waals surface area contributed by atoms with Crippen molar-refractivity contribution in [3.05, 3.63) is 12.4 Å². The van der Waals surface area contributed by atoms with E-state index < -0.39 is 0 Å². The molecule has 0 amide bonds. The fraction of sp³-hybridized carbons (Fsp3) is 0.556. The monoisotopic (exact) mass is 196 g/mol. The van der Waals surface area contributed by atoms with Gasteiger partial charge in [0.25, 0.3) is 0 Å². The molecule has 0 unspecified atom stereocenters. The van der Waals surface area contributed by atoms with Gasteiger partial charge in [0.05, 0.1) is 12.4 Å². The highest BCUT2D eigenvalue weighted by Crippen LogP contribution is 2.01. The van der Waals surface area contributed by atoms with Crippen LogP contribution in [0.1, 0.15) is 12.8 Å². The first-order chi connectivity index (χ1) is 6.83. The Morgan fingerprint density at radius 1 is 1.36 bits per heavy atom. The molecule has 1 aromatic rings. The number of methoxy groups -OCH3 is 1. The van der Waals surface area contributed by atoms with Crippen LogP contribution in [0.5, 0.6) is 0 Å². The van der Waals surface area contributed by atoms with Gasteiger partial charge >= 0.3 is 0 Å². The molecule has 0 aliphatic heterocycles. The summed E-state index contributed by atoms with van der Waals surface area (Å²) in [6, 6.07) is 0. The van der Waals surface area contributed by atoms with Gasteiger partial charge in [0.15, 0.2) is 0 Å². The van der Waals surface area contributed by atoms with Crippen LogP contribution in [0.4, 0.5) is 11.6 Å². The van der Waals surface area contributed by atoms with Crippen molar-refractivity contribution in [2.75, 3.05) is 31.3 Å². The summed E-state index contributed by atoms with van der Waals surface area (Å²) in [5.41, 5.74) is 5.40. The molecule has 78 valence electrons. The molecule has 0 saturated carbocycles. The molecule has 1 rings (SSSR count). The van der Waals surface area contributed by atoms with Crippen LogP contribution in [0.2, 0.25) is 0 Å². The lowest BCUT2D eigenvalue weighted by atomic mass is 10.3. The summed E-state index contributed by atoms with van der Waals surface area (Å²) in [5.74, 6) is 1.20. The molecular formula is C9H16N4O. The minimum absolute atomic E-state index is 0.440. The summed E-state index contributed by atoms with van der Waals surface area (Å²) < 4.78 is 4.94. The van der Waals surface area contributed by atoms with E-state index in [0.717, 1.165) is 31.8 Å². The van der Waals surface area contributed by atoms with Crippen LogP contribution in [-0.4, -0.2) is 30.2 Å². The van der Waals surface area contributed by atoms with E-state index in [9.17, 15) is 0 Å². The number of nitrogens with two attached hydrogens (primary N) is 1. The molecule has 14 heavy (non-hydrogen) atoms. The normalized spacial score (nSPS) is 10.1. The third kappa shape index (κ3) is 4.04. The highest BCUT2D eigenvalue weighted by molar-refractivity contribution is 5.35. The first kappa shape index (κ1) is 10.7. The van der Waals surface area contributed by atoms with Gasteiger partial charge < -0.3 is 15.8 Å². The third-order valence-corrected chi connectivity index (χ3v) is 1.75. The van der Waals surface area contributed by atoms with Gasteiger partial charge in [-0.05, 0) is 12.8 Å². The van der Waals surface area contributed by atoms with Crippen LogP contribution >= 0.6 is 0 Å². The van der Waals surface area contributed by atoms with Crippen molar-refractivity contribution in [3.63, 3.8) is 0 Å². The number of nitrogens with one attached hydrogen (secondary N) is 1. The van der Waals surface area contributed by atoms with Crippen molar-refractivity contribution < 1.29 is 4.74 Å². The summed E-state index contributed by atoms with van der Waals surface area (Å²) in [7, 11) is 1.71. The quantitative estimate of drug-likeness (QED) is 0.661. The first-order valence-corrected chi connectivity index (χ1v) is 4.63. The molecule has 0 fully saturated rings. The molecule has 5 nitrogen and oxygen atoms in total. The Bertz CT molecular complexity index is 249. The van der Waals surface area contributed by atoms with Crippen LogP contribution in [0.15, 0.2) is 12.4 Å². The summed E-state index contributed by atoms with van der Waals surface area (Å²) in [5, 5.41) is 3.15. The molecule has 0 aliphatic carbocycles. The molecule has 0 radical (unpaired) electrons. The van der Waals surface area contributed by atoms with E-state index in [1.165, 1.54) is 6.20 Å². The Labute approximate surface area is 83.7 Å². The zero-order valence-corrected chi connectivity index (χ0v) is 8.36. The van der Waals surface area contributed by atoms with Gasteiger partial charge in [-0.2, -0.15) is 0 Å². The summed E-state index contributed by atoms with van der Waals surface area (Å²) in [6.07, 6.45) is 5.27. The SMILES string of the molecule is COCCCCNc1cnc(N)cn1. The Kier molecular flexibility index (Phi) is 4.71. The lowest BCUT2D eigenvalue weighted by Crippen LogP contribution is -2.05. The Balaban J connectivity index is 2.15. The lowest BCUT2D eigenvalue weighted by Gasteiger charge is -2.04. The molecule has 1 aromatic heterocycles. The number of hydrogen-bond donors (Lipinski definition) is 2. The van der Waals surface area contributed by atoms with Crippen LogP contribution in [0.3, 0.4) is 0 Å². The standard InChI is InChI=1S/C9H16N4O/c1-14-5-3-2-4-11-9-7-12-8(10)6-13-9/h6-7H,2-5H2,1H3,(H2,10,12)(H,11,13). The van der Waals surface area contributed by atoms with Gasteiger partial charge in [0.2, 0.25) is 0 Å². The van der Waals surface area contributed by atoms with E-state index in [1.807, 2.05) is 0 Å². The smallest absolute Gasteiger partial charge is 0.144 e. The van der Waals surface area contributed by atoms with E-state index in [4.69, 9.17) is 10.5 Å². The van der Waals surface area contributed by atoms with Crippen LogP contribution in [-0.2, 0) is 4.74 Å². The van der Waals surface area contributed by atoms with Crippen molar-refractivity contribution in [1.82, 2.24) is 9.97 Å². The van der Waals surface area contributed by atoms with Gasteiger partial charge in [-0.3, -0.25) is 0 Å². The number of aromatic nitrogens is 2. The van der Waals surface area contributed by atoms with Gasteiger partial charge in [0.1, 0.15) is 11.6 Å². The number of rotatable bonds is 6. The minimum Gasteiger partial charge on any atom is -0.385 e. The highest BCUT2D eigenvalue weighted by Gasteiger charge is 1.93. The average Bonchev–Trinajstić information content (AvgIpc) is 2.21. The largest absolute Gasteiger partial charge is 0.385 e. The predicted octanol–water partition coefficient (Wildman–Crippen LogP) is 0.897. The summed E-state index contributed by atoms with van der Waals surface area (Å²) >= 11 is 0. The van der Waals surface area contributed by atoms with Gasteiger partial charge in [0, 0.05) is 20.3 Å². The maximum absolute atomic E-state index is 5.40. The van der Waals surface area contributed by atoms with Crippen LogP contribution in [0, 0.1) is 0 Å². The molecule has 1 heterocycles. The summed E-state index contributed by atoms with van der Waals surface area (Å²) in [4.78, 5) is 7.99. The maximum Gasteiger partial charge on any atom is 0.144 e. The van der Waals surface area contributed by atoms with E-state index in [2.05, 4.69) is 15.3 Å². The Morgan fingerprint density at radius 2 is 2.21 bits per heavy atom. The second-order valence-corrected chi connectivity index (χ2v) is 2.95. The van der Waals surface area contributed by atoms with Crippen molar-refractivity contribution in [2.24, 2.45) is 0 Å². The molecule has 0 spiro atoms. The fourth-order valence-corrected chi connectivity index (χ4v) is 1.02. The van der Waals surface area contributed by atoms with Crippen molar-refractivity contribution in [3.8, 4) is 0 Å². The van der Waals surface area contributed by atoms with E-state index in [-0.39, 0.29) is 0 Å². The predicted molar refractivity (Wildman–Crippen MR) is 56.0 cm³/mol. The number of nitrogens with zero attached hydrogens (tertiary/aromatic N) is 2. The topological polar surface area (TPSA) is 73.1 Å². The van der Waals surface area contributed by atoms with Crippen LogP contribution in [0.25, 0.3) is 0 Å². The van der Waals surface area contributed by atoms with Gasteiger partial charge in [-0.1, -0.05) is 0 Å². The van der Waals surface area contributed by atoms with E-state index >= 15 is 0 Å². The number of nitrogen functional groups attached to an aromatic ring is 1. The Morgan fingerprint density at radius 3 is 2.86 bits per heavy atom. The zero-order chi connectivity index (χ0) is 10.2. The zero-order valence-electron chi connectivity index (χ0n) is 8.36. The van der Waals surface area contributed by atoms with E-state index in [1.54, 1.807) is 13.3 Å². The molecule has 0 aromatic carbocycles. The van der Waals surface area contributed by atoms with Crippen molar-refractivity contribution in [2.45, 2.75) is 12.8 Å². The molecule has 5 heteroatoms. The summed E-state index contributed by atoms with van der Waals surface area (Å²) in [6.45, 7) is 1.68. The Hall–Kier alpha value is -1.36. The molecule has 0 atom stereocenters. The first-order valence-electron chi connectivity index (χ1n) is 4.63. The van der Waals surface area contributed by atoms with Gasteiger partial charge in [-0.25, -0.2) is 9.97 Å². The highest BCUT2D eigenvalue weighted by atomic mass is 16.5. The number of ether oxygens (including phenoxy) is 1.